The fourth-order valence-corrected chi connectivity index (χ4v) is 4.22. The van der Waals surface area contributed by atoms with E-state index < -0.39 is 10.0 Å². The normalized spacial score (nSPS) is 24.6. The Hall–Kier alpha value is -0.850. The van der Waals surface area contributed by atoms with Crippen LogP contribution in [0, 0.1) is 5.92 Å². The second-order valence-electron chi connectivity index (χ2n) is 5.91. The lowest BCUT2D eigenvalue weighted by atomic mass is 10.0. The zero-order valence-electron chi connectivity index (χ0n) is 12.3. The van der Waals surface area contributed by atoms with Gasteiger partial charge in [-0.15, -0.1) is 0 Å². The van der Waals surface area contributed by atoms with Gasteiger partial charge in [0.25, 0.3) is 0 Å². The first-order valence-electron chi connectivity index (χ1n) is 7.30. The minimum Gasteiger partial charge on any atom is -0.352 e. The number of hydrogen-bond acceptors (Lipinski definition) is 3. The van der Waals surface area contributed by atoms with Crippen molar-refractivity contribution in [3.8, 4) is 0 Å². The molecule has 2 rings (SSSR count). The SMILES string of the molecule is CC1CCCC(NS(=O)(=O)c2cc(CN)n(C)c2)CC1. The highest BCUT2D eigenvalue weighted by Crippen LogP contribution is 2.24. The molecule has 2 atom stereocenters. The van der Waals surface area contributed by atoms with Gasteiger partial charge in [-0.2, -0.15) is 0 Å². The van der Waals surface area contributed by atoms with Crippen molar-refractivity contribution < 1.29 is 8.42 Å². The van der Waals surface area contributed by atoms with Gasteiger partial charge in [0.15, 0.2) is 0 Å². The maximum atomic E-state index is 12.4. The van der Waals surface area contributed by atoms with Gasteiger partial charge in [-0.25, -0.2) is 13.1 Å². The summed E-state index contributed by atoms with van der Waals surface area (Å²) in [4.78, 5) is 0.317. The molecule has 1 aliphatic carbocycles. The number of nitrogens with zero attached hydrogens (tertiary/aromatic N) is 1. The van der Waals surface area contributed by atoms with Crippen molar-refractivity contribution in [2.45, 2.75) is 56.5 Å². The summed E-state index contributed by atoms with van der Waals surface area (Å²) in [5, 5.41) is 0. The number of sulfonamides is 1. The quantitative estimate of drug-likeness (QED) is 0.831. The second kappa shape index (κ2) is 6.28. The molecular weight excluding hydrogens is 274 g/mol. The van der Waals surface area contributed by atoms with Crippen LogP contribution >= 0.6 is 0 Å². The minimum atomic E-state index is -3.43. The van der Waals surface area contributed by atoms with Crippen molar-refractivity contribution in [1.29, 1.82) is 0 Å². The Kier molecular flexibility index (Phi) is 4.88. The Morgan fingerprint density at radius 2 is 2.10 bits per heavy atom. The van der Waals surface area contributed by atoms with Crippen molar-refractivity contribution in [2.24, 2.45) is 18.7 Å². The standard InChI is InChI=1S/C14H25N3O2S/c1-11-4-3-5-12(7-6-11)16-20(18,19)14-8-13(9-15)17(2)10-14/h8,10-12,16H,3-7,9,15H2,1-2H3. The highest BCUT2D eigenvalue weighted by Gasteiger charge is 2.24. The highest BCUT2D eigenvalue weighted by atomic mass is 32.2. The summed E-state index contributed by atoms with van der Waals surface area (Å²) in [6, 6.07) is 1.72. The van der Waals surface area contributed by atoms with Gasteiger partial charge in [0, 0.05) is 31.5 Å². The third-order valence-corrected chi connectivity index (χ3v) is 5.67. The number of nitrogens with one attached hydrogen (secondary N) is 1. The molecule has 0 spiro atoms. The third-order valence-electron chi connectivity index (χ3n) is 4.18. The van der Waals surface area contributed by atoms with E-state index in [0.717, 1.165) is 31.4 Å². The fourth-order valence-electron chi connectivity index (χ4n) is 2.82. The molecular formula is C14H25N3O2S. The van der Waals surface area contributed by atoms with Gasteiger partial charge < -0.3 is 10.3 Å². The van der Waals surface area contributed by atoms with Gasteiger partial charge in [-0.05, 0) is 31.2 Å². The molecule has 5 nitrogen and oxygen atoms in total. The lowest BCUT2D eigenvalue weighted by molar-refractivity contribution is 0.484. The molecule has 0 aliphatic heterocycles. The van der Waals surface area contributed by atoms with E-state index >= 15 is 0 Å². The monoisotopic (exact) mass is 299 g/mol. The molecule has 1 aliphatic rings. The molecule has 1 aromatic heterocycles. The van der Waals surface area contributed by atoms with E-state index in [0.29, 0.717) is 17.4 Å². The van der Waals surface area contributed by atoms with E-state index in [1.807, 2.05) is 7.05 Å². The molecule has 1 fully saturated rings. The van der Waals surface area contributed by atoms with Crippen LogP contribution in [0.1, 0.15) is 44.7 Å². The van der Waals surface area contributed by atoms with Crippen molar-refractivity contribution in [3.63, 3.8) is 0 Å². The number of aromatic nitrogens is 1. The summed E-state index contributed by atoms with van der Waals surface area (Å²) in [5.41, 5.74) is 6.41. The van der Waals surface area contributed by atoms with Gasteiger partial charge in [0.1, 0.15) is 0 Å². The molecule has 20 heavy (non-hydrogen) atoms. The molecule has 3 N–H and O–H groups in total. The van der Waals surface area contributed by atoms with Crippen LogP contribution in [0.2, 0.25) is 0 Å². The summed E-state index contributed by atoms with van der Waals surface area (Å²) in [7, 11) is -1.62. The number of nitrogens with two attached hydrogens (primary N) is 1. The summed E-state index contributed by atoms with van der Waals surface area (Å²) in [6.45, 7) is 2.58. The van der Waals surface area contributed by atoms with Crippen LogP contribution in [-0.2, 0) is 23.6 Å². The van der Waals surface area contributed by atoms with Crippen molar-refractivity contribution >= 4 is 10.0 Å². The van der Waals surface area contributed by atoms with Gasteiger partial charge in [0.2, 0.25) is 10.0 Å². The van der Waals surface area contributed by atoms with Crippen LogP contribution in [0.15, 0.2) is 17.2 Å². The van der Waals surface area contributed by atoms with E-state index in [1.165, 1.54) is 6.42 Å². The maximum Gasteiger partial charge on any atom is 0.242 e. The molecule has 0 bridgehead atoms. The smallest absolute Gasteiger partial charge is 0.242 e. The lowest BCUT2D eigenvalue weighted by Gasteiger charge is -2.15. The maximum absolute atomic E-state index is 12.4. The van der Waals surface area contributed by atoms with Gasteiger partial charge in [0.05, 0.1) is 4.90 Å². The minimum absolute atomic E-state index is 0.0616. The molecule has 1 heterocycles. The number of aryl methyl sites for hydroxylation is 1. The molecule has 6 heteroatoms. The van der Waals surface area contributed by atoms with Crippen LogP contribution in [0.4, 0.5) is 0 Å². The zero-order valence-corrected chi connectivity index (χ0v) is 13.1. The Balaban J connectivity index is 2.10. The number of rotatable bonds is 4. The predicted octanol–water partition coefficient (Wildman–Crippen LogP) is 1.73. The summed E-state index contributed by atoms with van der Waals surface area (Å²) >= 11 is 0. The fraction of sp³-hybridized carbons (Fsp3) is 0.714. The Labute approximate surface area is 121 Å². The molecule has 1 aromatic rings. The lowest BCUT2D eigenvalue weighted by Crippen LogP contribution is -2.34. The number of hydrogen-bond donors (Lipinski definition) is 2. The van der Waals surface area contributed by atoms with Crippen LogP contribution in [0.25, 0.3) is 0 Å². The summed E-state index contributed by atoms with van der Waals surface area (Å²) < 4.78 is 29.4. The second-order valence-corrected chi connectivity index (χ2v) is 7.63. The van der Waals surface area contributed by atoms with Gasteiger partial charge in [-0.3, -0.25) is 0 Å². The van der Waals surface area contributed by atoms with E-state index in [-0.39, 0.29) is 6.04 Å². The Morgan fingerprint density at radius 1 is 1.35 bits per heavy atom. The molecule has 2 unspecified atom stereocenters. The van der Waals surface area contributed by atoms with E-state index in [9.17, 15) is 8.42 Å². The average molecular weight is 299 g/mol. The highest BCUT2D eigenvalue weighted by molar-refractivity contribution is 7.89. The van der Waals surface area contributed by atoms with E-state index in [1.54, 1.807) is 16.8 Å². The van der Waals surface area contributed by atoms with Crippen molar-refractivity contribution in [2.75, 3.05) is 0 Å². The van der Waals surface area contributed by atoms with E-state index in [4.69, 9.17) is 5.73 Å². The first-order chi connectivity index (χ1) is 9.42. The van der Waals surface area contributed by atoms with Crippen LogP contribution in [0.5, 0.6) is 0 Å². The molecule has 0 amide bonds. The summed E-state index contributed by atoms with van der Waals surface area (Å²) in [6.07, 6.45) is 6.87. The third kappa shape index (κ3) is 3.62. The molecule has 1 saturated carbocycles. The molecule has 0 radical (unpaired) electrons. The van der Waals surface area contributed by atoms with Gasteiger partial charge >= 0.3 is 0 Å². The van der Waals surface area contributed by atoms with Crippen molar-refractivity contribution in [1.82, 2.24) is 9.29 Å². The largest absolute Gasteiger partial charge is 0.352 e. The Morgan fingerprint density at radius 3 is 2.75 bits per heavy atom. The first-order valence-corrected chi connectivity index (χ1v) is 8.78. The molecule has 114 valence electrons. The average Bonchev–Trinajstić information content (AvgIpc) is 2.66. The predicted molar refractivity (Wildman–Crippen MR) is 79.7 cm³/mol. The van der Waals surface area contributed by atoms with Crippen LogP contribution in [0.3, 0.4) is 0 Å². The van der Waals surface area contributed by atoms with E-state index in [2.05, 4.69) is 11.6 Å². The van der Waals surface area contributed by atoms with Crippen LogP contribution in [-0.4, -0.2) is 19.0 Å². The molecule has 0 aromatic carbocycles. The molecule has 0 saturated heterocycles. The zero-order chi connectivity index (χ0) is 14.8. The Bertz CT molecular complexity index is 551. The topological polar surface area (TPSA) is 77.1 Å². The van der Waals surface area contributed by atoms with Gasteiger partial charge in [-0.1, -0.05) is 19.8 Å². The first kappa shape index (κ1) is 15.5. The van der Waals surface area contributed by atoms with Crippen LogP contribution < -0.4 is 10.5 Å². The van der Waals surface area contributed by atoms with Crippen molar-refractivity contribution in [3.05, 3.63) is 18.0 Å². The summed E-state index contributed by atoms with van der Waals surface area (Å²) in [5.74, 6) is 0.699.